The first-order chi connectivity index (χ1) is 18.0. The van der Waals surface area contributed by atoms with Crippen molar-refractivity contribution in [3.63, 3.8) is 0 Å². The maximum Gasteiger partial charge on any atom is 0.337 e. The van der Waals surface area contributed by atoms with Gasteiger partial charge in [-0.05, 0) is 84.6 Å². The van der Waals surface area contributed by atoms with Crippen LogP contribution >= 0.6 is 0 Å². The van der Waals surface area contributed by atoms with Crippen molar-refractivity contribution in [2.45, 2.75) is 12.8 Å². The molecule has 0 bridgehead atoms. The van der Waals surface area contributed by atoms with Gasteiger partial charge in [-0.1, -0.05) is 36.4 Å². The highest BCUT2D eigenvalue weighted by Crippen LogP contribution is 2.24. The van der Waals surface area contributed by atoms with E-state index in [1.54, 1.807) is 48.5 Å². The van der Waals surface area contributed by atoms with E-state index < -0.39 is 11.9 Å². The van der Waals surface area contributed by atoms with Crippen molar-refractivity contribution in [3.8, 4) is 22.6 Å². The fraction of sp³-hybridized carbons (Fsp3) is 0.133. The molecule has 0 fully saturated rings. The summed E-state index contributed by atoms with van der Waals surface area (Å²) in [5.41, 5.74) is 3.73. The van der Waals surface area contributed by atoms with Crippen molar-refractivity contribution >= 4 is 23.3 Å². The Morgan fingerprint density at radius 2 is 1.14 bits per heavy atom. The molecule has 0 aliphatic carbocycles. The monoisotopic (exact) mass is 497 g/mol. The average Bonchev–Trinajstić information content (AvgIpc) is 2.92. The Morgan fingerprint density at radius 3 is 1.68 bits per heavy atom. The molecule has 4 aromatic carbocycles. The van der Waals surface area contributed by atoms with Crippen LogP contribution in [0.5, 0.6) is 11.5 Å². The number of ether oxygens (including phenoxy) is 2. The Hall–Kier alpha value is -4.78. The second kappa shape index (κ2) is 12.3. The second-order valence-corrected chi connectivity index (χ2v) is 8.31. The molecule has 0 radical (unpaired) electrons. The van der Waals surface area contributed by atoms with Gasteiger partial charge in [0.15, 0.2) is 0 Å². The molecular formula is C30H27NO6. The number of hydrogen-bond donors (Lipinski definition) is 3. The number of carboxylic acids is 2. The van der Waals surface area contributed by atoms with E-state index in [4.69, 9.17) is 14.6 Å². The zero-order valence-electron chi connectivity index (χ0n) is 20.1. The van der Waals surface area contributed by atoms with E-state index in [-0.39, 0.29) is 11.1 Å². The van der Waals surface area contributed by atoms with Gasteiger partial charge in [-0.3, -0.25) is 0 Å². The molecule has 7 heteroatoms. The lowest BCUT2D eigenvalue weighted by Crippen LogP contribution is -2.03. The fourth-order valence-corrected chi connectivity index (χ4v) is 3.70. The molecule has 0 heterocycles. The Labute approximate surface area is 214 Å². The maximum atomic E-state index is 11.3. The number of aromatic carboxylic acids is 2. The summed E-state index contributed by atoms with van der Waals surface area (Å²) in [4.78, 5) is 22.3. The molecule has 0 saturated carbocycles. The summed E-state index contributed by atoms with van der Waals surface area (Å²) in [6.07, 6.45) is 1.67. The number of para-hydroxylation sites is 1. The van der Waals surface area contributed by atoms with Crippen LogP contribution in [-0.2, 0) is 0 Å². The first-order valence-corrected chi connectivity index (χ1v) is 11.9. The zero-order chi connectivity index (χ0) is 26.0. The second-order valence-electron chi connectivity index (χ2n) is 8.31. The van der Waals surface area contributed by atoms with Crippen LogP contribution in [0, 0.1) is 0 Å². The van der Waals surface area contributed by atoms with Gasteiger partial charge in [0, 0.05) is 5.69 Å². The predicted octanol–water partition coefficient (Wildman–Crippen LogP) is 6.73. The highest BCUT2D eigenvalue weighted by Gasteiger charge is 2.09. The summed E-state index contributed by atoms with van der Waals surface area (Å²) >= 11 is 0. The molecule has 0 saturated heterocycles. The number of unbranched alkanes of at least 4 members (excludes halogenated alkanes) is 1. The molecule has 4 rings (SSSR count). The molecular weight excluding hydrogens is 470 g/mol. The predicted molar refractivity (Wildman–Crippen MR) is 142 cm³/mol. The quantitative estimate of drug-likeness (QED) is 0.186. The lowest BCUT2D eigenvalue weighted by Gasteiger charge is -2.11. The molecule has 37 heavy (non-hydrogen) atoms. The topological polar surface area (TPSA) is 105 Å². The van der Waals surface area contributed by atoms with Crippen LogP contribution in [0.3, 0.4) is 0 Å². The summed E-state index contributed by atoms with van der Waals surface area (Å²) in [6, 6.07) is 28.6. The summed E-state index contributed by atoms with van der Waals surface area (Å²) < 4.78 is 11.6. The zero-order valence-corrected chi connectivity index (χ0v) is 20.1. The van der Waals surface area contributed by atoms with Crippen LogP contribution in [0.1, 0.15) is 33.6 Å². The number of benzene rings is 4. The van der Waals surface area contributed by atoms with E-state index >= 15 is 0 Å². The van der Waals surface area contributed by atoms with Gasteiger partial charge in [0.1, 0.15) is 11.5 Å². The molecule has 0 aliphatic heterocycles. The van der Waals surface area contributed by atoms with E-state index in [0.29, 0.717) is 18.9 Å². The molecule has 188 valence electrons. The number of carboxylic acid groups (broad SMARTS) is 2. The number of anilines is 2. The summed E-state index contributed by atoms with van der Waals surface area (Å²) in [5, 5.41) is 21.4. The minimum absolute atomic E-state index is 0.216. The number of carbonyl (C=O) groups is 2. The normalized spacial score (nSPS) is 10.5. The van der Waals surface area contributed by atoms with E-state index in [1.807, 2.05) is 48.5 Å². The fourth-order valence-electron chi connectivity index (χ4n) is 3.70. The molecule has 4 aromatic rings. The number of hydrogen-bond acceptors (Lipinski definition) is 5. The smallest absolute Gasteiger partial charge is 0.337 e. The van der Waals surface area contributed by atoms with Gasteiger partial charge in [-0.15, -0.1) is 0 Å². The molecule has 0 aliphatic rings. The molecule has 0 amide bonds. The SMILES string of the molecule is O=C(O)c1ccc(-c2ccc(OCCCCOc3ccc(Nc4ccccc4C(=O)O)cc3)cc2)cc1. The van der Waals surface area contributed by atoms with Crippen LogP contribution in [-0.4, -0.2) is 35.4 Å². The third kappa shape index (κ3) is 7.11. The van der Waals surface area contributed by atoms with Crippen molar-refractivity contribution in [1.82, 2.24) is 0 Å². The minimum atomic E-state index is -0.978. The Bertz CT molecular complexity index is 1330. The van der Waals surface area contributed by atoms with Crippen LogP contribution in [0.4, 0.5) is 11.4 Å². The van der Waals surface area contributed by atoms with Gasteiger partial charge in [0.05, 0.1) is 30.0 Å². The van der Waals surface area contributed by atoms with Crippen LogP contribution in [0.15, 0.2) is 97.1 Å². The molecule has 7 nitrogen and oxygen atoms in total. The largest absolute Gasteiger partial charge is 0.494 e. The lowest BCUT2D eigenvalue weighted by atomic mass is 10.0. The van der Waals surface area contributed by atoms with Crippen LogP contribution in [0.2, 0.25) is 0 Å². The van der Waals surface area contributed by atoms with E-state index in [9.17, 15) is 14.7 Å². The summed E-state index contributed by atoms with van der Waals surface area (Å²) in [7, 11) is 0. The van der Waals surface area contributed by atoms with Gasteiger partial charge in [0.25, 0.3) is 0 Å². The summed E-state index contributed by atoms with van der Waals surface area (Å²) in [6.45, 7) is 1.13. The maximum absolute atomic E-state index is 11.3. The highest BCUT2D eigenvalue weighted by atomic mass is 16.5. The van der Waals surface area contributed by atoms with Gasteiger partial charge in [-0.25, -0.2) is 9.59 Å². The Kier molecular flexibility index (Phi) is 8.39. The molecule has 0 atom stereocenters. The van der Waals surface area contributed by atoms with Crippen molar-refractivity contribution in [3.05, 3.63) is 108 Å². The summed E-state index contributed by atoms with van der Waals surface area (Å²) in [5.74, 6) is -0.398. The van der Waals surface area contributed by atoms with Crippen LogP contribution in [0.25, 0.3) is 11.1 Å². The van der Waals surface area contributed by atoms with Crippen LogP contribution < -0.4 is 14.8 Å². The average molecular weight is 498 g/mol. The number of nitrogens with one attached hydrogen (secondary N) is 1. The van der Waals surface area contributed by atoms with Gasteiger partial charge in [-0.2, -0.15) is 0 Å². The van der Waals surface area contributed by atoms with Gasteiger partial charge in [0.2, 0.25) is 0 Å². The van der Waals surface area contributed by atoms with E-state index in [0.717, 1.165) is 41.2 Å². The Balaban J connectivity index is 1.16. The first-order valence-electron chi connectivity index (χ1n) is 11.9. The molecule has 0 aromatic heterocycles. The van der Waals surface area contributed by atoms with Crippen molar-refractivity contribution in [2.75, 3.05) is 18.5 Å². The van der Waals surface area contributed by atoms with Crippen molar-refractivity contribution in [1.29, 1.82) is 0 Å². The van der Waals surface area contributed by atoms with Gasteiger partial charge >= 0.3 is 11.9 Å². The lowest BCUT2D eigenvalue weighted by molar-refractivity contribution is 0.0686. The van der Waals surface area contributed by atoms with E-state index in [2.05, 4.69) is 5.32 Å². The minimum Gasteiger partial charge on any atom is -0.494 e. The van der Waals surface area contributed by atoms with Crippen molar-refractivity contribution in [2.24, 2.45) is 0 Å². The van der Waals surface area contributed by atoms with Gasteiger partial charge < -0.3 is 25.0 Å². The first kappa shape index (κ1) is 25.3. The third-order valence-electron chi connectivity index (χ3n) is 5.69. The molecule has 3 N–H and O–H groups in total. The standard InChI is InChI=1S/C30H27NO6/c32-29(33)23-9-7-21(8-10-23)22-11-15-25(16-12-22)36-19-3-4-20-37-26-17-13-24(14-18-26)31-28-6-2-1-5-27(28)30(34)35/h1-2,5-18,31H,3-4,19-20H2,(H,32,33)(H,34,35). The molecule has 0 spiro atoms. The third-order valence-corrected chi connectivity index (χ3v) is 5.69. The highest BCUT2D eigenvalue weighted by molar-refractivity contribution is 5.95. The number of rotatable bonds is 12. The van der Waals surface area contributed by atoms with E-state index in [1.165, 1.54) is 0 Å². The van der Waals surface area contributed by atoms with Crippen molar-refractivity contribution < 1.29 is 29.3 Å². The Morgan fingerprint density at radius 1 is 0.622 bits per heavy atom. The molecule has 0 unspecified atom stereocenters.